The molecule has 0 N–H and O–H groups in total. The molecule has 24 heteroatoms. The van der Waals surface area contributed by atoms with E-state index in [4.69, 9.17) is 56.6 Å². The maximum Gasteiger partial charge on any atom is 0.346 e. The van der Waals surface area contributed by atoms with Gasteiger partial charge in [0.2, 0.25) is 0 Å². The first-order valence-corrected chi connectivity index (χ1v) is 39.9. The van der Waals surface area contributed by atoms with Crippen LogP contribution in [0.3, 0.4) is 0 Å². The van der Waals surface area contributed by atoms with Crippen LogP contribution in [0.5, 0.6) is 23.0 Å². The lowest BCUT2D eigenvalue weighted by Crippen LogP contribution is -2.49. The van der Waals surface area contributed by atoms with E-state index in [9.17, 15) is 19.2 Å². The molecule has 0 bridgehead atoms. The van der Waals surface area contributed by atoms with Gasteiger partial charge in [-0.05, 0) is 208 Å². The summed E-state index contributed by atoms with van der Waals surface area (Å²) in [4.78, 5) is 84.0. The van der Waals surface area contributed by atoms with Crippen molar-refractivity contribution in [3.05, 3.63) is 212 Å². The average Bonchev–Trinajstić information content (AvgIpc) is 1.74. The minimum atomic E-state index is -0.984. The summed E-state index contributed by atoms with van der Waals surface area (Å²) >= 11 is 5.37. The van der Waals surface area contributed by atoms with Crippen LogP contribution in [0.4, 0.5) is 22.7 Å². The molecule has 16 aromatic rings. The van der Waals surface area contributed by atoms with Gasteiger partial charge in [0, 0.05) is 121 Å². The van der Waals surface area contributed by atoms with Crippen LogP contribution >= 0.6 is 45.3 Å². The van der Waals surface area contributed by atoms with Crippen LogP contribution < -0.4 is 61.0 Å². The Morgan fingerprint density at radius 2 is 0.606 bits per heavy atom. The van der Waals surface area contributed by atoms with E-state index in [1.807, 2.05) is 177 Å². The largest absolute Gasteiger partial charge is 0.490 e. The first-order valence-electron chi connectivity index (χ1n) is 36.6. The number of anilines is 4. The molecule has 3 unspecified atom stereocenters. The second-order valence-corrected chi connectivity index (χ2v) is 30.5. The molecule has 0 fully saturated rings. The number of hydrogen-bond acceptors (Lipinski definition) is 24. The SMILES string of the molecule is CCN(CC)c1ccc2cc(-c3nc4ccc(OCC(Oc5ccc6nc(-c7cc8ccc(N(CC)CC)cc8oc7=O)sc6c5)C(Oc5ccc6nc(-c7cc8ccc(N(CC)CC)cc8oc7=O)sc6c5)C(C)Oc5ccc6nc(-c7cc8ccc(N(CC)CC)cc8oc7=O)sc6c5)cc4s3)c(=O)oc2c1. The second kappa shape index (κ2) is 30.3. The van der Waals surface area contributed by atoms with Crippen LogP contribution in [0.1, 0.15) is 62.3 Å². The summed E-state index contributed by atoms with van der Waals surface area (Å²) in [6.45, 7) is 25.0. The molecule has 0 saturated carbocycles. The van der Waals surface area contributed by atoms with Crippen LogP contribution in [0.25, 0.3) is 127 Å². The van der Waals surface area contributed by atoms with E-state index < -0.39 is 40.8 Å². The van der Waals surface area contributed by atoms with Crippen LogP contribution in [0, 0.1) is 0 Å². The fourth-order valence-electron chi connectivity index (χ4n) is 14.0. The highest BCUT2D eigenvalue weighted by Crippen LogP contribution is 2.40. The van der Waals surface area contributed by atoms with Crippen LogP contribution in [-0.2, 0) is 0 Å². The van der Waals surface area contributed by atoms with Crippen LogP contribution in [-0.4, -0.2) is 97.2 Å². The maximum atomic E-state index is 13.9. The average molecular weight is 1530 g/mol. The number of fused-ring (bicyclic) bond motifs is 8. The first-order chi connectivity index (χ1) is 53.0. The summed E-state index contributed by atoms with van der Waals surface area (Å²) in [6.07, 6.45) is -2.78. The molecule has 16 rings (SSSR count). The summed E-state index contributed by atoms with van der Waals surface area (Å²) < 4.78 is 55.4. The molecule has 0 radical (unpaired) electrons. The molecule has 8 aromatic carbocycles. The van der Waals surface area contributed by atoms with E-state index in [0.29, 0.717) is 110 Å². The van der Waals surface area contributed by atoms with Gasteiger partial charge in [0.25, 0.3) is 0 Å². The zero-order chi connectivity index (χ0) is 75.3. The number of aromatic nitrogens is 4. The van der Waals surface area contributed by atoms with Crippen LogP contribution in [0.2, 0.25) is 0 Å². The van der Waals surface area contributed by atoms with Crippen molar-refractivity contribution < 1.29 is 36.6 Å². The smallest absolute Gasteiger partial charge is 0.346 e. The fraction of sp³-hybridized carbons (Fsp3) is 0.247. The van der Waals surface area contributed by atoms with Gasteiger partial charge in [-0.15, -0.1) is 45.3 Å². The van der Waals surface area contributed by atoms with E-state index in [1.165, 1.54) is 45.3 Å². The quantitative estimate of drug-likeness (QED) is 0.0437. The molecule has 0 aliphatic carbocycles. The summed E-state index contributed by atoms with van der Waals surface area (Å²) in [7, 11) is 0. The zero-order valence-corrected chi connectivity index (χ0v) is 64.6. The molecule has 0 saturated heterocycles. The molecular weight excluding hydrogens is 1450 g/mol. The van der Waals surface area contributed by atoms with Crippen molar-refractivity contribution in [3.8, 4) is 65.3 Å². The number of thiazole rings is 4. The van der Waals surface area contributed by atoms with Gasteiger partial charge >= 0.3 is 22.5 Å². The highest BCUT2D eigenvalue weighted by molar-refractivity contribution is 7.22. The Kier molecular flexibility index (Phi) is 20.0. The Labute approximate surface area is 641 Å². The molecule has 8 aromatic heterocycles. The molecule has 0 amide bonds. The number of nitrogens with zero attached hydrogens (tertiary/aromatic N) is 8. The van der Waals surface area contributed by atoms with Crippen molar-refractivity contribution >= 4 is 153 Å². The van der Waals surface area contributed by atoms with Crippen molar-refractivity contribution in [1.82, 2.24) is 19.9 Å². The predicted molar refractivity (Wildman–Crippen MR) is 443 cm³/mol. The standard InChI is InChI=1S/C85H76N8O12S4/c1-10-90(11-2)52-22-18-48-34-60(82(94)102-68(48)38-52)78-86-64-30-26-56(42-73(64)106-78)98-46-72(100-58-28-32-66-75(44-58)108-80(88-66)62-36-50-20-24-54(92(14-5)15-6)40-70(50)104-84(62)96)77(101-59-29-33-67-76(45-59)109-81(89-67)63-37-51-21-25-55(93(16-7)17-8)41-71(51)105-85(63)97)47(9)99-57-27-31-65-74(43-57)107-79(87-65)61-35-49-19-23-53(91(12-3)13-4)39-69(49)103-83(61)95/h18-45,47,72,77H,10-17,46H2,1-9H3. The van der Waals surface area contributed by atoms with Gasteiger partial charge in [0.05, 0.1) is 63.1 Å². The Morgan fingerprint density at radius 1 is 0.330 bits per heavy atom. The van der Waals surface area contributed by atoms with E-state index in [1.54, 1.807) is 0 Å². The van der Waals surface area contributed by atoms with E-state index in [0.717, 1.165) is 115 Å². The molecule has 20 nitrogen and oxygen atoms in total. The van der Waals surface area contributed by atoms with Gasteiger partial charge in [-0.2, -0.15) is 0 Å². The lowest BCUT2D eigenvalue weighted by atomic mass is 10.1. The van der Waals surface area contributed by atoms with Crippen LogP contribution in [0.15, 0.2) is 207 Å². The van der Waals surface area contributed by atoms with Gasteiger partial charge in [-0.3, -0.25) is 0 Å². The minimum absolute atomic E-state index is 0.108. The third kappa shape index (κ3) is 14.3. The Balaban J connectivity index is 0.765. The minimum Gasteiger partial charge on any atom is -0.490 e. The number of rotatable bonds is 27. The lowest BCUT2D eigenvalue weighted by Gasteiger charge is -2.32. The zero-order valence-electron chi connectivity index (χ0n) is 61.4. The maximum absolute atomic E-state index is 13.9. The molecule has 0 aliphatic rings. The molecule has 0 spiro atoms. The molecular formula is C85H76N8O12S4. The number of hydrogen-bond donors (Lipinski definition) is 0. The summed E-state index contributed by atoms with van der Waals surface area (Å²) in [5.74, 6) is 1.84. The first kappa shape index (κ1) is 71.8. The van der Waals surface area contributed by atoms with Crippen molar-refractivity contribution in [3.63, 3.8) is 0 Å². The molecule has 3 atom stereocenters. The van der Waals surface area contributed by atoms with Crippen molar-refractivity contribution in [2.24, 2.45) is 0 Å². The molecule has 552 valence electrons. The fourth-order valence-corrected chi connectivity index (χ4v) is 18.0. The Morgan fingerprint density at radius 3 is 0.908 bits per heavy atom. The Hall–Kier alpha value is -11.4. The van der Waals surface area contributed by atoms with Gasteiger partial charge in [0.1, 0.15) is 78.1 Å². The van der Waals surface area contributed by atoms with Crippen molar-refractivity contribution in [2.45, 2.75) is 80.6 Å². The Bertz CT molecular complexity index is 6400. The normalized spacial score (nSPS) is 12.6. The topological polar surface area (TPSA) is 222 Å². The van der Waals surface area contributed by atoms with Gasteiger partial charge < -0.3 is 56.2 Å². The monoisotopic (exact) mass is 1530 g/mol. The summed E-state index contributed by atoms with van der Waals surface area (Å²) in [6, 6.07) is 53.2. The third-order valence-electron chi connectivity index (χ3n) is 19.9. The highest BCUT2D eigenvalue weighted by Gasteiger charge is 2.35. The van der Waals surface area contributed by atoms with Gasteiger partial charge in [-0.1, -0.05) is 0 Å². The predicted octanol–water partition coefficient (Wildman–Crippen LogP) is 19.3. The summed E-state index contributed by atoms with van der Waals surface area (Å²) in [5, 5.41) is 5.04. The van der Waals surface area contributed by atoms with E-state index in [-0.39, 0.29) is 6.61 Å². The summed E-state index contributed by atoms with van der Waals surface area (Å²) in [5.41, 5.74) is 7.79. The van der Waals surface area contributed by atoms with Crippen molar-refractivity contribution in [1.29, 1.82) is 0 Å². The van der Waals surface area contributed by atoms with Gasteiger partial charge in [0.15, 0.2) is 12.2 Å². The molecule has 8 heterocycles. The van der Waals surface area contributed by atoms with E-state index in [2.05, 4.69) is 75.0 Å². The van der Waals surface area contributed by atoms with E-state index >= 15 is 0 Å². The van der Waals surface area contributed by atoms with Crippen molar-refractivity contribution in [2.75, 3.05) is 78.6 Å². The third-order valence-corrected chi connectivity index (χ3v) is 24.1. The van der Waals surface area contributed by atoms with Gasteiger partial charge in [-0.25, -0.2) is 39.1 Å². The highest BCUT2D eigenvalue weighted by atomic mass is 32.1. The number of ether oxygens (including phenoxy) is 4. The number of benzene rings is 8. The molecule has 109 heavy (non-hydrogen) atoms. The second-order valence-electron chi connectivity index (χ2n) is 26.3. The molecule has 0 aliphatic heterocycles. The lowest BCUT2D eigenvalue weighted by molar-refractivity contribution is -0.0319.